The molecule has 1 heterocycles. The predicted octanol–water partition coefficient (Wildman–Crippen LogP) is 4.44. The molecular formula is C28H22N4O5S. The smallest absolute Gasteiger partial charge is 0.284 e. The van der Waals surface area contributed by atoms with Gasteiger partial charge < -0.3 is 4.74 Å². The summed E-state index contributed by atoms with van der Waals surface area (Å²) < 4.78 is 32.3. The van der Waals surface area contributed by atoms with Crippen LogP contribution >= 0.6 is 0 Å². The number of benzene rings is 3. The lowest BCUT2D eigenvalue weighted by atomic mass is 9.93. The fourth-order valence-corrected chi connectivity index (χ4v) is 4.94. The van der Waals surface area contributed by atoms with Crippen LogP contribution in [0, 0.1) is 6.92 Å². The summed E-state index contributed by atoms with van der Waals surface area (Å²) in [5, 5.41) is 7.64. The minimum absolute atomic E-state index is 0.0405. The number of aryl methyl sites for hydroxylation is 1. The van der Waals surface area contributed by atoms with E-state index in [1.54, 1.807) is 54.6 Å². The third-order valence-corrected chi connectivity index (χ3v) is 7.46. The molecule has 1 aromatic heterocycles. The van der Waals surface area contributed by atoms with Crippen molar-refractivity contribution in [1.82, 2.24) is 14.4 Å². The van der Waals surface area contributed by atoms with Gasteiger partial charge in [-0.25, -0.2) is 4.99 Å². The minimum Gasteiger partial charge on any atom is -0.483 e. The first kappa shape index (κ1) is 25.0. The largest absolute Gasteiger partial charge is 0.483 e. The van der Waals surface area contributed by atoms with Gasteiger partial charge in [-0.3, -0.25) is 9.59 Å². The lowest BCUT2D eigenvalue weighted by molar-refractivity contribution is 0.0900. The van der Waals surface area contributed by atoms with Crippen LogP contribution in [0.15, 0.2) is 101 Å². The second kappa shape index (κ2) is 9.98. The zero-order valence-electron chi connectivity index (χ0n) is 20.5. The maximum absolute atomic E-state index is 13.1. The molecule has 0 amide bonds. The Kier molecular flexibility index (Phi) is 6.56. The number of ether oxygens (including phenoxy) is 1. The average Bonchev–Trinajstić information content (AvgIpc) is 3.40. The van der Waals surface area contributed by atoms with Crippen molar-refractivity contribution in [3.8, 4) is 0 Å². The van der Waals surface area contributed by atoms with Crippen molar-refractivity contribution in [3.63, 3.8) is 0 Å². The van der Waals surface area contributed by atoms with Gasteiger partial charge >= 0.3 is 0 Å². The molecule has 1 aliphatic rings. The van der Waals surface area contributed by atoms with E-state index in [-0.39, 0.29) is 34.5 Å². The molecule has 10 heteroatoms. The van der Waals surface area contributed by atoms with Crippen molar-refractivity contribution in [2.45, 2.75) is 25.3 Å². The van der Waals surface area contributed by atoms with Crippen LogP contribution in [0.1, 0.15) is 44.5 Å². The number of hydrogen-bond acceptors (Lipinski definition) is 8. The zero-order valence-corrected chi connectivity index (χ0v) is 21.3. The molecule has 5 rings (SSSR count). The quantitative estimate of drug-likeness (QED) is 0.326. The first-order valence-electron chi connectivity index (χ1n) is 11.6. The summed E-state index contributed by atoms with van der Waals surface area (Å²) in [6.07, 6.45) is 2.79. The highest BCUT2D eigenvalue weighted by Crippen LogP contribution is 2.26. The van der Waals surface area contributed by atoms with E-state index in [1.165, 1.54) is 31.3 Å². The Bertz CT molecular complexity index is 1720. The maximum atomic E-state index is 13.1. The second-order valence-corrected chi connectivity index (χ2v) is 10.5. The number of hydrogen-bond donors (Lipinski definition) is 0. The van der Waals surface area contributed by atoms with E-state index in [4.69, 9.17) is 4.74 Å². The second-order valence-electron chi connectivity index (χ2n) is 8.67. The number of carbonyl (C=O) groups excluding carboxylic acids is 2. The summed E-state index contributed by atoms with van der Waals surface area (Å²) in [4.78, 5) is 29.4. The van der Waals surface area contributed by atoms with Crippen LogP contribution < -0.4 is 0 Å². The number of aliphatic imine (C=N–C) groups is 1. The Labute approximate surface area is 219 Å². The Balaban J connectivity index is 1.40. The van der Waals surface area contributed by atoms with Gasteiger partial charge in [0.15, 0.2) is 11.5 Å². The molecule has 0 unspecified atom stereocenters. The number of Topliss-reactive ketones (excluding diaryl/α,β-unsaturated/α-hetero) is 2. The molecule has 38 heavy (non-hydrogen) atoms. The van der Waals surface area contributed by atoms with Gasteiger partial charge in [-0.15, -0.1) is 9.19 Å². The highest BCUT2D eigenvalue weighted by Gasteiger charge is 2.26. The topological polar surface area (TPSA) is 121 Å². The average molecular weight is 527 g/mol. The van der Waals surface area contributed by atoms with E-state index in [0.29, 0.717) is 28.1 Å². The fourth-order valence-electron chi connectivity index (χ4n) is 3.85. The lowest BCUT2D eigenvalue weighted by Gasteiger charge is -2.17. The number of aromatic nitrogens is 3. The van der Waals surface area contributed by atoms with E-state index >= 15 is 0 Å². The van der Waals surface area contributed by atoms with Crippen LogP contribution in [0.5, 0.6) is 0 Å². The third-order valence-electron chi connectivity index (χ3n) is 5.92. The van der Waals surface area contributed by atoms with Crippen molar-refractivity contribution in [2.75, 3.05) is 0 Å². The zero-order chi connectivity index (χ0) is 26.9. The monoisotopic (exact) mass is 526 g/mol. The van der Waals surface area contributed by atoms with Crippen molar-refractivity contribution in [2.24, 2.45) is 4.99 Å². The van der Waals surface area contributed by atoms with Gasteiger partial charge in [-0.05, 0) is 50.2 Å². The Morgan fingerprint density at radius 2 is 1.66 bits per heavy atom. The molecule has 3 aromatic carbocycles. The molecule has 0 spiro atoms. The fraction of sp³-hybridized carbons (Fsp3) is 0.107. The van der Waals surface area contributed by atoms with Crippen LogP contribution in [-0.4, -0.2) is 40.1 Å². The molecular weight excluding hydrogens is 504 g/mol. The van der Waals surface area contributed by atoms with Gasteiger partial charge in [0.25, 0.3) is 10.0 Å². The van der Waals surface area contributed by atoms with Gasteiger partial charge in [0.05, 0.1) is 22.5 Å². The van der Waals surface area contributed by atoms with Gasteiger partial charge in [0.2, 0.25) is 5.78 Å². The molecule has 9 nitrogen and oxygen atoms in total. The molecule has 0 aliphatic heterocycles. The third kappa shape index (κ3) is 4.94. The molecule has 0 bridgehead atoms. The van der Waals surface area contributed by atoms with Crippen molar-refractivity contribution >= 4 is 33.0 Å². The summed E-state index contributed by atoms with van der Waals surface area (Å²) in [6, 6.07) is 20.3. The van der Waals surface area contributed by atoms with Crippen molar-refractivity contribution < 1.29 is 22.7 Å². The molecule has 0 radical (unpaired) electrons. The van der Waals surface area contributed by atoms with Crippen LogP contribution in [0.25, 0.3) is 0 Å². The number of allylic oxidation sites excluding steroid dienone is 2. The summed E-state index contributed by atoms with van der Waals surface area (Å²) in [5.74, 6) is -0.332. The molecule has 0 atom stereocenters. The first-order chi connectivity index (χ1) is 18.2. The number of fused-ring (bicyclic) bond motifs is 1. The molecule has 1 aliphatic carbocycles. The Morgan fingerprint density at radius 1 is 0.974 bits per heavy atom. The van der Waals surface area contributed by atoms with Crippen LogP contribution in [-0.2, 0) is 21.4 Å². The number of rotatable bonds is 7. The molecule has 0 N–H and O–H groups in total. The highest BCUT2D eigenvalue weighted by molar-refractivity contribution is 7.89. The van der Waals surface area contributed by atoms with E-state index in [2.05, 4.69) is 15.3 Å². The molecule has 4 aromatic rings. The highest BCUT2D eigenvalue weighted by atomic mass is 32.2. The molecule has 0 saturated heterocycles. The number of ketones is 2. The van der Waals surface area contributed by atoms with Crippen molar-refractivity contribution in [3.05, 3.63) is 119 Å². The van der Waals surface area contributed by atoms with E-state index in [9.17, 15) is 18.0 Å². The Hall–Kier alpha value is -4.70. The van der Waals surface area contributed by atoms with Crippen LogP contribution in [0.3, 0.4) is 0 Å². The van der Waals surface area contributed by atoms with Crippen molar-refractivity contribution in [1.29, 1.82) is 0 Å². The van der Waals surface area contributed by atoms with E-state index in [1.807, 2.05) is 13.0 Å². The van der Waals surface area contributed by atoms with Gasteiger partial charge in [-0.2, -0.15) is 8.42 Å². The number of carbonyl (C=O) groups is 2. The summed E-state index contributed by atoms with van der Waals surface area (Å²) in [6.45, 7) is 3.18. The van der Waals surface area contributed by atoms with E-state index in [0.717, 1.165) is 9.65 Å². The lowest BCUT2D eigenvalue weighted by Crippen LogP contribution is -2.19. The predicted molar refractivity (Wildman–Crippen MR) is 140 cm³/mol. The summed E-state index contributed by atoms with van der Waals surface area (Å²) in [5.41, 5.74) is 3.92. The first-order valence-corrected chi connectivity index (χ1v) is 13.1. The Morgan fingerprint density at radius 3 is 2.34 bits per heavy atom. The number of nitrogens with zero attached hydrogens (tertiary/aromatic N) is 4. The van der Waals surface area contributed by atoms with E-state index < -0.39 is 10.0 Å². The van der Waals surface area contributed by atoms with Crippen LogP contribution in [0.2, 0.25) is 0 Å². The minimum atomic E-state index is -3.92. The standard InChI is InChI=1S/C28H22N4O5S/c1-18-7-13-23(14-8-18)38(35,36)32-16-22(30-31-32)17-37-27-15-26(24-5-3-4-6-25(24)28(27)34)29-21-11-9-20(10-12-21)19(2)33/h3-16H,17H2,1-2H3. The molecule has 0 saturated carbocycles. The molecule has 0 fully saturated rings. The molecule has 190 valence electrons. The maximum Gasteiger partial charge on any atom is 0.284 e. The summed E-state index contributed by atoms with van der Waals surface area (Å²) >= 11 is 0. The normalized spacial score (nSPS) is 14.2. The SMILES string of the molecule is CC(=O)c1ccc(N=C2C=C(OCc3cn(S(=O)(=O)c4ccc(C)cc4)nn3)C(=O)c3ccccc32)cc1. The van der Waals surface area contributed by atoms with Gasteiger partial charge in [-0.1, -0.05) is 47.2 Å². The van der Waals surface area contributed by atoms with Crippen LogP contribution in [0.4, 0.5) is 5.69 Å². The van der Waals surface area contributed by atoms with Gasteiger partial charge in [0, 0.05) is 22.8 Å². The summed E-state index contributed by atoms with van der Waals surface area (Å²) in [7, 11) is -3.92. The van der Waals surface area contributed by atoms with Gasteiger partial charge in [0.1, 0.15) is 12.3 Å².